The highest BCUT2D eigenvalue weighted by molar-refractivity contribution is 5.62. The molecule has 1 fully saturated rings. The van der Waals surface area contributed by atoms with E-state index in [2.05, 4.69) is 21.8 Å². The van der Waals surface area contributed by atoms with Crippen LogP contribution in [0.1, 0.15) is 13.3 Å². The van der Waals surface area contributed by atoms with E-state index in [1.54, 1.807) is 7.11 Å². The SMILES string of the molecule is COc1c(N)ncnc1N1CCCOC(C)C1. The number of ether oxygens (including phenoxy) is 2. The maximum atomic E-state index is 5.78. The zero-order valence-electron chi connectivity index (χ0n) is 10.2. The third kappa shape index (κ3) is 2.58. The van der Waals surface area contributed by atoms with Crippen LogP contribution in [0, 0.1) is 0 Å². The molecule has 1 aromatic heterocycles. The predicted molar refractivity (Wildman–Crippen MR) is 65.2 cm³/mol. The molecule has 6 nitrogen and oxygen atoms in total. The van der Waals surface area contributed by atoms with Crippen molar-refractivity contribution in [2.24, 2.45) is 0 Å². The standard InChI is InChI=1S/C11H18N4O2/c1-8-6-15(4-3-5-17-8)11-9(16-2)10(12)13-7-14-11/h7-8H,3-6H2,1-2H3,(H2,12,13,14). The summed E-state index contributed by atoms with van der Waals surface area (Å²) in [5, 5.41) is 0. The Morgan fingerprint density at radius 3 is 3.12 bits per heavy atom. The highest BCUT2D eigenvalue weighted by Crippen LogP contribution is 2.30. The quantitative estimate of drug-likeness (QED) is 0.817. The fourth-order valence-corrected chi connectivity index (χ4v) is 1.99. The zero-order chi connectivity index (χ0) is 12.3. The van der Waals surface area contributed by atoms with E-state index >= 15 is 0 Å². The largest absolute Gasteiger partial charge is 0.490 e. The number of aromatic nitrogens is 2. The molecule has 1 aliphatic rings. The molecule has 2 heterocycles. The van der Waals surface area contributed by atoms with Gasteiger partial charge in [-0.3, -0.25) is 0 Å². The molecule has 0 aliphatic carbocycles. The molecule has 2 rings (SSSR count). The molecule has 1 aliphatic heterocycles. The number of nitrogens with two attached hydrogens (primary N) is 1. The van der Waals surface area contributed by atoms with Crippen LogP contribution in [0.3, 0.4) is 0 Å². The molecule has 1 aromatic rings. The number of hydrogen-bond donors (Lipinski definition) is 1. The van der Waals surface area contributed by atoms with Gasteiger partial charge in [0, 0.05) is 19.7 Å². The van der Waals surface area contributed by atoms with Crippen molar-refractivity contribution >= 4 is 11.6 Å². The lowest BCUT2D eigenvalue weighted by Crippen LogP contribution is -2.31. The van der Waals surface area contributed by atoms with Crippen LogP contribution in [-0.4, -0.2) is 42.9 Å². The number of nitrogens with zero attached hydrogens (tertiary/aromatic N) is 3. The van der Waals surface area contributed by atoms with Crippen molar-refractivity contribution in [1.29, 1.82) is 0 Å². The van der Waals surface area contributed by atoms with E-state index in [0.717, 1.165) is 31.9 Å². The Hall–Kier alpha value is -1.56. The van der Waals surface area contributed by atoms with Gasteiger partial charge in [-0.25, -0.2) is 9.97 Å². The maximum Gasteiger partial charge on any atom is 0.204 e. The monoisotopic (exact) mass is 238 g/mol. The third-order valence-corrected chi connectivity index (χ3v) is 2.77. The van der Waals surface area contributed by atoms with Crippen molar-refractivity contribution in [2.75, 3.05) is 37.4 Å². The van der Waals surface area contributed by atoms with Crippen molar-refractivity contribution < 1.29 is 9.47 Å². The Kier molecular flexibility index (Phi) is 3.63. The lowest BCUT2D eigenvalue weighted by Gasteiger charge is -2.24. The molecule has 6 heteroatoms. The van der Waals surface area contributed by atoms with Gasteiger partial charge in [0.1, 0.15) is 6.33 Å². The molecule has 0 saturated carbocycles. The molecular weight excluding hydrogens is 220 g/mol. The van der Waals surface area contributed by atoms with E-state index in [1.807, 2.05) is 0 Å². The minimum absolute atomic E-state index is 0.179. The number of nitrogen functional groups attached to an aromatic ring is 1. The Morgan fingerprint density at radius 2 is 2.35 bits per heavy atom. The summed E-state index contributed by atoms with van der Waals surface area (Å²) in [5.74, 6) is 1.66. The molecule has 0 aromatic carbocycles. The first-order valence-corrected chi connectivity index (χ1v) is 5.73. The summed E-state index contributed by atoms with van der Waals surface area (Å²) in [6, 6.07) is 0. The van der Waals surface area contributed by atoms with Crippen LogP contribution in [0.2, 0.25) is 0 Å². The van der Waals surface area contributed by atoms with E-state index in [4.69, 9.17) is 15.2 Å². The minimum atomic E-state index is 0.179. The Balaban J connectivity index is 2.28. The van der Waals surface area contributed by atoms with Gasteiger partial charge in [-0.15, -0.1) is 0 Å². The van der Waals surface area contributed by atoms with Crippen molar-refractivity contribution in [1.82, 2.24) is 9.97 Å². The minimum Gasteiger partial charge on any atom is -0.490 e. The predicted octanol–water partition coefficient (Wildman–Crippen LogP) is 0.683. The normalized spacial score (nSPS) is 21.1. The van der Waals surface area contributed by atoms with Crippen LogP contribution >= 0.6 is 0 Å². The van der Waals surface area contributed by atoms with Gasteiger partial charge in [0.25, 0.3) is 0 Å². The second-order valence-electron chi connectivity index (χ2n) is 4.10. The maximum absolute atomic E-state index is 5.78. The number of anilines is 2. The number of hydrogen-bond acceptors (Lipinski definition) is 6. The topological polar surface area (TPSA) is 73.5 Å². The Morgan fingerprint density at radius 1 is 1.53 bits per heavy atom. The van der Waals surface area contributed by atoms with Crippen molar-refractivity contribution in [2.45, 2.75) is 19.4 Å². The van der Waals surface area contributed by atoms with E-state index in [-0.39, 0.29) is 6.10 Å². The molecule has 1 unspecified atom stereocenters. The van der Waals surface area contributed by atoms with E-state index < -0.39 is 0 Å². The van der Waals surface area contributed by atoms with Crippen LogP contribution in [-0.2, 0) is 4.74 Å². The molecule has 0 amide bonds. The summed E-state index contributed by atoms with van der Waals surface area (Å²) in [5.41, 5.74) is 5.78. The van der Waals surface area contributed by atoms with Gasteiger partial charge in [-0.1, -0.05) is 0 Å². The van der Waals surface area contributed by atoms with Crippen LogP contribution < -0.4 is 15.4 Å². The number of methoxy groups -OCH3 is 1. The van der Waals surface area contributed by atoms with Crippen molar-refractivity contribution in [3.8, 4) is 5.75 Å². The lowest BCUT2D eigenvalue weighted by molar-refractivity contribution is 0.0820. The van der Waals surface area contributed by atoms with E-state index in [1.165, 1.54) is 6.33 Å². The summed E-state index contributed by atoms with van der Waals surface area (Å²) >= 11 is 0. The van der Waals surface area contributed by atoms with Gasteiger partial charge in [0.05, 0.1) is 13.2 Å². The van der Waals surface area contributed by atoms with Gasteiger partial charge in [-0.2, -0.15) is 0 Å². The average Bonchev–Trinajstić information content (AvgIpc) is 2.53. The summed E-state index contributed by atoms with van der Waals surface area (Å²) in [4.78, 5) is 10.3. The van der Waals surface area contributed by atoms with Gasteiger partial charge >= 0.3 is 0 Å². The van der Waals surface area contributed by atoms with Crippen LogP contribution in [0.4, 0.5) is 11.6 Å². The third-order valence-electron chi connectivity index (χ3n) is 2.77. The molecule has 1 saturated heterocycles. The van der Waals surface area contributed by atoms with Gasteiger partial charge in [0.15, 0.2) is 11.6 Å². The van der Waals surface area contributed by atoms with E-state index in [9.17, 15) is 0 Å². The fraction of sp³-hybridized carbons (Fsp3) is 0.636. The molecule has 0 spiro atoms. The Bertz CT molecular complexity index is 386. The zero-order valence-corrected chi connectivity index (χ0v) is 10.2. The molecule has 0 radical (unpaired) electrons. The highest BCUT2D eigenvalue weighted by Gasteiger charge is 2.21. The molecule has 1 atom stereocenters. The fourth-order valence-electron chi connectivity index (χ4n) is 1.99. The highest BCUT2D eigenvalue weighted by atomic mass is 16.5. The summed E-state index contributed by atoms with van der Waals surface area (Å²) in [7, 11) is 1.58. The van der Waals surface area contributed by atoms with Gasteiger partial charge in [0.2, 0.25) is 5.75 Å². The van der Waals surface area contributed by atoms with Crippen molar-refractivity contribution in [3.63, 3.8) is 0 Å². The first-order chi connectivity index (χ1) is 8.22. The smallest absolute Gasteiger partial charge is 0.204 e. The second-order valence-corrected chi connectivity index (χ2v) is 4.10. The molecule has 0 bridgehead atoms. The van der Waals surface area contributed by atoms with Gasteiger partial charge in [-0.05, 0) is 13.3 Å². The first kappa shape index (κ1) is 11.9. The summed E-state index contributed by atoms with van der Waals surface area (Å²) < 4.78 is 10.9. The number of rotatable bonds is 2. The molecule has 17 heavy (non-hydrogen) atoms. The van der Waals surface area contributed by atoms with Crippen molar-refractivity contribution in [3.05, 3.63) is 6.33 Å². The second kappa shape index (κ2) is 5.18. The summed E-state index contributed by atoms with van der Waals surface area (Å²) in [6.07, 6.45) is 2.61. The summed E-state index contributed by atoms with van der Waals surface area (Å²) in [6.45, 7) is 4.50. The lowest BCUT2D eigenvalue weighted by atomic mass is 10.3. The molecular formula is C11H18N4O2. The van der Waals surface area contributed by atoms with E-state index in [0.29, 0.717) is 11.6 Å². The molecule has 2 N–H and O–H groups in total. The molecule has 94 valence electrons. The van der Waals surface area contributed by atoms with Crippen LogP contribution in [0.5, 0.6) is 5.75 Å². The average molecular weight is 238 g/mol. The first-order valence-electron chi connectivity index (χ1n) is 5.73. The Labute approximate surface area is 101 Å². The van der Waals surface area contributed by atoms with Gasteiger partial charge < -0.3 is 20.1 Å². The van der Waals surface area contributed by atoms with Crippen LogP contribution in [0.25, 0.3) is 0 Å². The van der Waals surface area contributed by atoms with Crippen LogP contribution in [0.15, 0.2) is 6.33 Å².